The van der Waals surface area contributed by atoms with E-state index in [1.165, 1.54) is 6.07 Å². The Morgan fingerprint density at radius 1 is 1.09 bits per heavy atom. The Balaban J connectivity index is 0.00000400. The second kappa shape index (κ2) is 12.2. The average molecular weight is 607 g/mol. The molecule has 0 aliphatic carbocycles. The second-order valence-corrected chi connectivity index (χ2v) is 12.3. The normalized spacial score (nSPS) is 19.3. The van der Waals surface area contributed by atoms with E-state index >= 15 is 4.39 Å². The van der Waals surface area contributed by atoms with Crippen molar-refractivity contribution in [3.05, 3.63) is 59.7 Å². The molecule has 1 atom stereocenters. The molecule has 0 unspecified atom stereocenters. The number of halogens is 2. The van der Waals surface area contributed by atoms with Gasteiger partial charge < -0.3 is 19.5 Å². The zero-order valence-corrected chi connectivity index (χ0v) is 25.6. The van der Waals surface area contributed by atoms with Crippen molar-refractivity contribution in [3.8, 4) is 11.3 Å². The van der Waals surface area contributed by atoms with Crippen molar-refractivity contribution in [2.45, 2.75) is 65.1 Å². The average Bonchev–Trinajstić information content (AvgIpc) is 3.63. The largest absolute Gasteiger partial charge is 0.372 e. The summed E-state index contributed by atoms with van der Waals surface area (Å²) in [5.41, 5.74) is 1.58. The molecule has 2 aliphatic rings. The van der Waals surface area contributed by atoms with Crippen LogP contribution in [0.5, 0.6) is 0 Å². The number of nitrogens with one attached hydrogen (secondary N) is 1. The van der Waals surface area contributed by atoms with Gasteiger partial charge in [-0.1, -0.05) is 6.07 Å². The number of fused-ring (bicyclic) bond motifs is 1. The summed E-state index contributed by atoms with van der Waals surface area (Å²) in [5.74, 6) is 0.277. The Morgan fingerprint density at radius 3 is 2.61 bits per heavy atom. The number of imidazole rings is 1. The minimum Gasteiger partial charge on any atom is -0.372 e. The summed E-state index contributed by atoms with van der Waals surface area (Å²) in [5, 5.41) is 3.03. The molecule has 234 valence electrons. The minimum atomic E-state index is -0.662. The van der Waals surface area contributed by atoms with Crippen LogP contribution in [-0.4, -0.2) is 78.6 Å². The van der Waals surface area contributed by atoms with Gasteiger partial charge in [-0.05, 0) is 64.3 Å². The number of aryl methyl sites for hydroxylation is 1. The predicted molar refractivity (Wildman–Crippen MR) is 165 cm³/mol. The Labute approximate surface area is 257 Å². The number of ether oxygens (including phenoxy) is 1. The van der Waals surface area contributed by atoms with Crippen LogP contribution in [-0.2, 0) is 16.1 Å². The lowest BCUT2D eigenvalue weighted by Gasteiger charge is -2.40. The quantitative estimate of drug-likeness (QED) is 0.275. The Morgan fingerprint density at radius 2 is 1.89 bits per heavy atom. The number of carbonyl (C=O) groups is 1. The van der Waals surface area contributed by atoms with Gasteiger partial charge in [0.15, 0.2) is 11.6 Å². The van der Waals surface area contributed by atoms with Gasteiger partial charge in [-0.15, -0.1) is 0 Å². The molecule has 2 aliphatic heterocycles. The van der Waals surface area contributed by atoms with Crippen molar-refractivity contribution in [3.63, 3.8) is 0 Å². The number of amides is 1. The van der Waals surface area contributed by atoms with Crippen LogP contribution in [0.25, 0.3) is 22.3 Å². The molecule has 0 bridgehead atoms. The van der Waals surface area contributed by atoms with Crippen molar-refractivity contribution in [2.75, 3.05) is 38.1 Å². The van der Waals surface area contributed by atoms with Gasteiger partial charge in [0.2, 0.25) is 11.9 Å². The highest BCUT2D eigenvalue weighted by atomic mass is 19.1. The van der Waals surface area contributed by atoms with E-state index in [9.17, 15) is 9.18 Å². The SMILES string of the molecule is Cc1nc2c(F)cc(-c3nc(Nc4ccc(CN5CCO[C@](C)(CC(=O)N6CCCC6)C5)cn4)ncc3F)cc2n1C(C)C.[HH]. The summed E-state index contributed by atoms with van der Waals surface area (Å²) in [6.45, 7) is 12.2. The molecule has 0 spiro atoms. The molecule has 4 aromatic rings. The van der Waals surface area contributed by atoms with Crippen LogP contribution >= 0.6 is 0 Å². The van der Waals surface area contributed by atoms with Crippen molar-refractivity contribution < 1.29 is 19.7 Å². The highest BCUT2D eigenvalue weighted by Gasteiger charge is 2.36. The van der Waals surface area contributed by atoms with Crippen molar-refractivity contribution in [2.24, 2.45) is 0 Å². The molecule has 12 heteroatoms. The maximum absolute atomic E-state index is 15.0. The monoisotopic (exact) mass is 606 g/mol. The number of pyridine rings is 1. The number of benzene rings is 1. The molecule has 0 saturated carbocycles. The lowest BCUT2D eigenvalue weighted by atomic mass is 9.98. The van der Waals surface area contributed by atoms with E-state index in [0.29, 0.717) is 48.8 Å². The van der Waals surface area contributed by atoms with Crippen LogP contribution < -0.4 is 5.32 Å². The third-order valence-electron chi connectivity index (χ3n) is 8.33. The van der Waals surface area contributed by atoms with E-state index in [1.54, 1.807) is 12.3 Å². The number of likely N-dealkylation sites (tertiary alicyclic amines) is 1. The summed E-state index contributed by atoms with van der Waals surface area (Å²) in [7, 11) is 0. The van der Waals surface area contributed by atoms with Crippen molar-refractivity contribution in [1.29, 1.82) is 0 Å². The van der Waals surface area contributed by atoms with Gasteiger partial charge in [-0.3, -0.25) is 9.69 Å². The number of anilines is 2. The number of carbonyl (C=O) groups excluding carboxylic acids is 1. The first-order valence-electron chi connectivity index (χ1n) is 15.2. The van der Waals surface area contributed by atoms with E-state index in [0.717, 1.165) is 44.2 Å². The van der Waals surface area contributed by atoms with Gasteiger partial charge in [-0.25, -0.2) is 28.7 Å². The fraction of sp³-hybridized carbons (Fsp3) is 0.469. The maximum atomic E-state index is 15.0. The third-order valence-corrected chi connectivity index (χ3v) is 8.33. The molecule has 44 heavy (non-hydrogen) atoms. The molecular formula is C32H40F2N8O2. The number of hydrogen-bond acceptors (Lipinski definition) is 8. The topological polar surface area (TPSA) is 101 Å². The number of morpholine rings is 1. The number of rotatable bonds is 8. The molecule has 10 nitrogen and oxygen atoms in total. The van der Waals surface area contributed by atoms with E-state index in [4.69, 9.17) is 4.74 Å². The van der Waals surface area contributed by atoms with Gasteiger partial charge in [0.1, 0.15) is 22.9 Å². The Bertz CT molecular complexity index is 1680. The number of nitrogens with zero attached hydrogens (tertiary/aromatic N) is 7. The van der Waals surface area contributed by atoms with E-state index in [-0.39, 0.29) is 30.5 Å². The van der Waals surface area contributed by atoms with Gasteiger partial charge in [0.05, 0.1) is 30.3 Å². The molecule has 5 heterocycles. The first kappa shape index (κ1) is 30.0. The maximum Gasteiger partial charge on any atom is 0.229 e. The van der Waals surface area contributed by atoms with Crippen LogP contribution in [0.2, 0.25) is 0 Å². The third kappa shape index (κ3) is 6.27. The standard InChI is InChI=1S/C32H38F2N8O2.H2/c1-20(2)42-21(3)37-30-24(33)13-23(14-26(30)42)29-25(34)17-36-31(39-29)38-27-8-7-22(16-35-27)18-40-11-12-44-32(4,19-40)15-28(43)41-9-5-6-10-41;/h7-8,13-14,16-17,20H,5-6,9-12,15,18-19H2,1-4H3,(H,35,36,38,39);1H/t32-;/m1./s1. The second-order valence-electron chi connectivity index (χ2n) is 12.3. The highest BCUT2D eigenvalue weighted by Crippen LogP contribution is 2.31. The predicted octanol–water partition coefficient (Wildman–Crippen LogP) is 5.65. The summed E-state index contributed by atoms with van der Waals surface area (Å²) in [6, 6.07) is 6.78. The van der Waals surface area contributed by atoms with Crippen LogP contribution in [0.4, 0.5) is 20.5 Å². The van der Waals surface area contributed by atoms with Gasteiger partial charge in [-0.2, -0.15) is 0 Å². The summed E-state index contributed by atoms with van der Waals surface area (Å²) in [6.07, 6.45) is 5.36. The van der Waals surface area contributed by atoms with Gasteiger partial charge >= 0.3 is 0 Å². The fourth-order valence-electron chi connectivity index (χ4n) is 6.31. The highest BCUT2D eigenvalue weighted by molar-refractivity contribution is 5.83. The van der Waals surface area contributed by atoms with Crippen LogP contribution in [0, 0.1) is 18.6 Å². The molecule has 1 amide bonds. The summed E-state index contributed by atoms with van der Waals surface area (Å²) in [4.78, 5) is 34.3. The molecule has 1 N–H and O–H groups in total. The smallest absolute Gasteiger partial charge is 0.229 e. The van der Waals surface area contributed by atoms with Crippen LogP contribution in [0.1, 0.15) is 58.9 Å². The lowest BCUT2D eigenvalue weighted by molar-refractivity contribution is -0.145. The number of hydrogen-bond donors (Lipinski definition) is 1. The summed E-state index contributed by atoms with van der Waals surface area (Å²) < 4.78 is 37.9. The molecule has 1 aromatic carbocycles. The van der Waals surface area contributed by atoms with Crippen LogP contribution in [0.3, 0.4) is 0 Å². The van der Waals surface area contributed by atoms with E-state index in [1.807, 2.05) is 49.3 Å². The molecule has 3 aromatic heterocycles. The molecule has 2 fully saturated rings. The summed E-state index contributed by atoms with van der Waals surface area (Å²) >= 11 is 0. The van der Waals surface area contributed by atoms with Gasteiger partial charge in [0, 0.05) is 52.0 Å². The minimum absolute atomic E-state index is 0. The first-order valence-corrected chi connectivity index (χ1v) is 15.2. The van der Waals surface area contributed by atoms with E-state index < -0.39 is 17.2 Å². The fourth-order valence-corrected chi connectivity index (χ4v) is 6.31. The Hall–Kier alpha value is -4.03. The van der Waals surface area contributed by atoms with E-state index in [2.05, 4.69) is 30.2 Å². The number of aromatic nitrogens is 5. The van der Waals surface area contributed by atoms with Crippen LogP contribution in [0.15, 0.2) is 36.7 Å². The van der Waals surface area contributed by atoms with Gasteiger partial charge in [0.25, 0.3) is 0 Å². The molecular weight excluding hydrogens is 566 g/mol. The zero-order valence-electron chi connectivity index (χ0n) is 25.6. The Kier molecular flexibility index (Phi) is 8.30. The lowest BCUT2D eigenvalue weighted by Crippen LogP contribution is -2.51. The van der Waals surface area contributed by atoms with Crippen molar-refractivity contribution in [1.82, 2.24) is 34.3 Å². The molecule has 6 rings (SSSR count). The zero-order chi connectivity index (χ0) is 31.0. The molecule has 2 saturated heterocycles. The first-order chi connectivity index (χ1) is 21.1. The van der Waals surface area contributed by atoms with Crippen molar-refractivity contribution >= 4 is 28.7 Å². The molecule has 0 radical (unpaired) electrons.